The molecule has 32 heteroatoms. The number of thiophene rings is 1. The second-order valence-electron chi connectivity index (χ2n) is 32.5. The van der Waals surface area contributed by atoms with Crippen LogP contribution in [0.4, 0.5) is 40.8 Å². The number of hydrogen-bond acceptors (Lipinski definition) is 19. The zero-order valence-corrected chi connectivity index (χ0v) is 76.7. The molecule has 0 bridgehead atoms. The van der Waals surface area contributed by atoms with Crippen molar-refractivity contribution >= 4 is 69.8 Å². The Balaban J connectivity index is 0.000000135. The van der Waals surface area contributed by atoms with Gasteiger partial charge in [-0.25, -0.2) is 37.5 Å². The first kappa shape index (κ1) is 92.6. The van der Waals surface area contributed by atoms with Crippen LogP contribution >= 0.6 is 22.9 Å². The van der Waals surface area contributed by atoms with E-state index in [1.807, 2.05) is 166 Å². The minimum Gasteiger partial charge on any atom is -0.497 e. The Labute approximate surface area is 773 Å². The molecular weight excluding hydrogens is 1720 g/mol. The second-order valence-corrected chi connectivity index (χ2v) is 33.9. The molecular formula is C100H105ClF4N20O6S. The van der Waals surface area contributed by atoms with Gasteiger partial charge in [-0.05, 0) is 178 Å². The van der Waals surface area contributed by atoms with Crippen LogP contribution in [0.5, 0.6) is 11.5 Å². The van der Waals surface area contributed by atoms with Crippen molar-refractivity contribution in [3.05, 3.63) is 286 Å². The van der Waals surface area contributed by atoms with E-state index in [2.05, 4.69) is 57.0 Å². The largest absolute Gasteiger partial charge is 0.497 e. The topological polar surface area (TPSA) is 236 Å². The number of carbonyl (C=O) groups is 4. The molecule has 4 saturated heterocycles. The van der Waals surface area contributed by atoms with Crippen molar-refractivity contribution in [1.82, 2.24) is 78.7 Å². The van der Waals surface area contributed by atoms with Gasteiger partial charge in [-0.3, -0.25) is 37.9 Å². The number of benzene rings is 7. The van der Waals surface area contributed by atoms with Gasteiger partial charge >= 0.3 is 0 Å². The van der Waals surface area contributed by atoms with Crippen molar-refractivity contribution < 1.29 is 46.2 Å². The van der Waals surface area contributed by atoms with E-state index < -0.39 is 5.82 Å². The zero-order chi connectivity index (χ0) is 92.5. The minimum absolute atomic E-state index is 0.0134. The summed E-state index contributed by atoms with van der Waals surface area (Å²) >= 11 is 7.72. The summed E-state index contributed by atoms with van der Waals surface area (Å²) < 4.78 is 72.2. The Bertz CT molecular complexity index is 6280. The van der Waals surface area contributed by atoms with Gasteiger partial charge in [0.05, 0.1) is 70.7 Å². The van der Waals surface area contributed by atoms with Crippen LogP contribution in [-0.2, 0) is 58.2 Å². The van der Waals surface area contributed by atoms with Crippen LogP contribution < -0.4 is 29.1 Å². The fourth-order valence-corrected chi connectivity index (χ4v) is 17.5. The molecule has 11 heterocycles. The van der Waals surface area contributed by atoms with E-state index in [1.165, 1.54) is 12.1 Å². The average molecular weight is 1830 g/mol. The molecule has 0 radical (unpaired) electrons. The van der Waals surface area contributed by atoms with Crippen molar-refractivity contribution in [2.24, 2.45) is 0 Å². The van der Waals surface area contributed by atoms with Gasteiger partial charge in [0.25, 0.3) is 0 Å². The van der Waals surface area contributed by atoms with E-state index in [0.717, 1.165) is 147 Å². The lowest BCUT2D eigenvalue weighted by molar-refractivity contribution is -0.133. The minimum atomic E-state index is -0.473. The first-order valence-electron chi connectivity index (χ1n) is 44.1. The molecule has 26 nitrogen and oxygen atoms in total. The smallest absolute Gasteiger partial charge is 0.244 e. The number of nitrogens with zero attached hydrogens (tertiary/aromatic N) is 20. The van der Waals surface area contributed by atoms with Crippen LogP contribution in [0.15, 0.2) is 224 Å². The van der Waals surface area contributed by atoms with Crippen LogP contribution in [0, 0.1) is 51.0 Å². The molecule has 0 saturated carbocycles. The molecule has 132 heavy (non-hydrogen) atoms. The Morgan fingerprint density at radius 3 is 1.17 bits per heavy atom. The molecule has 682 valence electrons. The molecule has 4 aliphatic rings. The molecule has 14 aromatic rings. The van der Waals surface area contributed by atoms with Gasteiger partial charge in [0.1, 0.15) is 55.1 Å². The molecule has 4 amide bonds. The maximum Gasteiger partial charge on any atom is 0.244 e. The van der Waals surface area contributed by atoms with Gasteiger partial charge in [-0.1, -0.05) is 98.2 Å². The standard InChI is InChI=1S/C29H29FN4O2.C25H29FN4O2.C23H21ClN6OS.C23H26F2N6O/c1-21-17-23(11-12-26(21)30)27-19-28(22-7-4-3-5-8-22)34(31-27)20-29(35)33-15-13-32(14-16-33)24-9-6-10-25(18-24)36-2;1-4-20-16-24(19-8-9-23(26)18(2)14-19)27-30(20)17-25(31)29-12-10-28(11-13-29)21-6-5-7-22(15-21)32-3;24-18-13-21(32-16-18)20-14-19(17-5-2-1-3-6-17)27-30(20)15-22(31)28-9-11-29(12-10-28)23-25-7-4-8-26-23;1-4-19-11-20(17-9-15(2)22(25)16(3)10-17)28-31(19)14-21(32)29-5-7-30(8-6-29)23-26-12-18(24)13-27-23/h3-12,17-19H,13-16,20H2,1-2H3;5-9,14-16H,4,10-13,17H2,1-3H3;1-8,13-14,16H,9-12,15H2;9-13H,4-8,14H2,1-3H3. The number of piperazine rings is 4. The van der Waals surface area contributed by atoms with Crippen molar-refractivity contribution in [3.8, 4) is 78.4 Å². The van der Waals surface area contributed by atoms with E-state index in [1.54, 1.807) is 132 Å². The van der Waals surface area contributed by atoms with Crippen LogP contribution in [0.25, 0.3) is 66.9 Å². The maximum atomic E-state index is 14.0. The van der Waals surface area contributed by atoms with Crippen LogP contribution in [-0.4, -0.2) is 221 Å². The fourth-order valence-electron chi connectivity index (χ4n) is 16.4. The summed E-state index contributed by atoms with van der Waals surface area (Å²) in [6, 6.07) is 61.1. The summed E-state index contributed by atoms with van der Waals surface area (Å²) in [5, 5.41) is 21.4. The highest BCUT2D eigenvalue weighted by Crippen LogP contribution is 2.35. The third-order valence-corrected chi connectivity index (χ3v) is 25.1. The summed E-state index contributed by atoms with van der Waals surface area (Å²) in [6.45, 7) is 22.3. The molecule has 18 rings (SSSR count). The van der Waals surface area contributed by atoms with E-state index in [9.17, 15) is 36.7 Å². The van der Waals surface area contributed by atoms with Gasteiger partial charge in [0, 0.05) is 180 Å². The van der Waals surface area contributed by atoms with E-state index in [0.29, 0.717) is 123 Å². The Kier molecular flexibility index (Phi) is 30.3. The van der Waals surface area contributed by atoms with E-state index in [-0.39, 0.29) is 67.3 Å². The number of hydrogen-bond donors (Lipinski definition) is 0. The normalized spacial score (nSPS) is 13.9. The number of aryl methyl sites for hydroxylation is 6. The number of carbonyl (C=O) groups excluding carboxylic acids is 4. The summed E-state index contributed by atoms with van der Waals surface area (Å²) in [6.07, 6.45) is 7.26. The first-order chi connectivity index (χ1) is 64.0. The number of halogens is 5. The Morgan fingerprint density at radius 1 is 0.371 bits per heavy atom. The molecule has 0 unspecified atom stereocenters. The summed E-state index contributed by atoms with van der Waals surface area (Å²) in [7, 11) is 3.33. The number of amides is 4. The number of aromatic nitrogens is 12. The van der Waals surface area contributed by atoms with Gasteiger partial charge in [0.15, 0.2) is 5.82 Å². The quantitative estimate of drug-likeness (QED) is 0.0573. The SMILES string of the molecule is CCc1cc(-c2cc(C)c(F)c(C)c2)nn1CC(=O)N1CCN(c2ncc(F)cn2)CC1.CCc1cc(-c2ccc(F)c(C)c2)nn1CC(=O)N1CCN(c2cccc(OC)c2)CC1.COc1cccc(N2CCN(C(=O)Cn3nc(-c4ccc(F)c(C)c4)cc3-c3ccccc3)CC2)c1.O=C(Cn1nc(-c2ccccc2)cc1-c1cc(Cl)cs1)N1CCN(c2ncccn2)CC1. The van der Waals surface area contributed by atoms with Gasteiger partial charge < -0.3 is 48.7 Å². The van der Waals surface area contributed by atoms with E-state index in [4.69, 9.17) is 31.3 Å². The molecule has 0 spiro atoms. The van der Waals surface area contributed by atoms with Crippen LogP contribution in [0.2, 0.25) is 5.02 Å². The number of anilines is 4. The van der Waals surface area contributed by atoms with Crippen molar-refractivity contribution in [2.45, 2.75) is 80.6 Å². The predicted molar refractivity (Wildman–Crippen MR) is 507 cm³/mol. The molecule has 0 atom stereocenters. The maximum absolute atomic E-state index is 14.0. The van der Waals surface area contributed by atoms with Crippen molar-refractivity contribution in [3.63, 3.8) is 0 Å². The van der Waals surface area contributed by atoms with Gasteiger partial charge in [-0.2, -0.15) is 20.4 Å². The first-order valence-corrected chi connectivity index (χ1v) is 45.4. The summed E-state index contributed by atoms with van der Waals surface area (Å²) in [5.41, 5.74) is 15.8. The second kappa shape index (κ2) is 43.1. The monoisotopic (exact) mass is 1820 g/mol. The molecule has 7 aromatic carbocycles. The molecule has 0 aliphatic carbocycles. The zero-order valence-electron chi connectivity index (χ0n) is 75.1. The highest BCUT2D eigenvalue weighted by atomic mass is 35.5. The molecule has 4 fully saturated rings. The fraction of sp³-hybridized carbons (Fsp3) is 0.300. The lowest BCUT2D eigenvalue weighted by atomic mass is 10.0. The molecule has 7 aromatic heterocycles. The van der Waals surface area contributed by atoms with Crippen LogP contribution in [0.3, 0.4) is 0 Å². The summed E-state index contributed by atoms with van der Waals surface area (Å²) in [5.74, 6) is 1.80. The Hall–Kier alpha value is -14.1. The number of rotatable bonds is 22. The third-order valence-electron chi connectivity index (χ3n) is 23.8. The third kappa shape index (κ3) is 22.8. The van der Waals surface area contributed by atoms with Crippen molar-refractivity contribution in [1.29, 1.82) is 0 Å². The highest BCUT2D eigenvalue weighted by molar-refractivity contribution is 7.14. The highest BCUT2D eigenvalue weighted by Gasteiger charge is 2.30. The van der Waals surface area contributed by atoms with Gasteiger partial charge in [0.2, 0.25) is 35.5 Å². The summed E-state index contributed by atoms with van der Waals surface area (Å²) in [4.78, 5) is 86.1. The Morgan fingerprint density at radius 2 is 0.750 bits per heavy atom. The molecule has 4 aliphatic heterocycles. The average Bonchev–Trinajstić information content (AvgIpc) is 1.66. The molecule has 0 N–H and O–H groups in total. The van der Waals surface area contributed by atoms with Crippen LogP contribution in [0.1, 0.15) is 47.5 Å². The van der Waals surface area contributed by atoms with Crippen molar-refractivity contribution in [2.75, 3.05) is 139 Å². The van der Waals surface area contributed by atoms with E-state index >= 15 is 0 Å². The lowest BCUT2D eigenvalue weighted by Crippen LogP contribution is -2.50. The number of methoxy groups -OCH3 is 2. The van der Waals surface area contributed by atoms with Gasteiger partial charge in [-0.15, -0.1) is 11.3 Å². The lowest BCUT2D eigenvalue weighted by Gasteiger charge is -2.36. The predicted octanol–water partition coefficient (Wildman–Crippen LogP) is 16.2. The number of ether oxygens (including phenoxy) is 2.